The summed E-state index contributed by atoms with van der Waals surface area (Å²) in [5.74, 6) is -0.278. The third-order valence-corrected chi connectivity index (χ3v) is 6.03. The first-order valence-corrected chi connectivity index (χ1v) is 10.0. The minimum atomic E-state index is -0.184. The van der Waals surface area contributed by atoms with Gasteiger partial charge in [0.05, 0.1) is 23.0 Å². The molecule has 0 radical (unpaired) electrons. The van der Waals surface area contributed by atoms with E-state index in [0.29, 0.717) is 37.5 Å². The monoisotopic (exact) mass is 386 g/mol. The van der Waals surface area contributed by atoms with Gasteiger partial charge < -0.3 is 15.0 Å². The Bertz CT molecular complexity index is 825. The predicted molar refractivity (Wildman–Crippen MR) is 102 cm³/mol. The van der Waals surface area contributed by atoms with Gasteiger partial charge in [0, 0.05) is 43.1 Å². The quantitative estimate of drug-likeness (QED) is 0.875. The van der Waals surface area contributed by atoms with Crippen molar-refractivity contribution >= 4 is 28.8 Å². The van der Waals surface area contributed by atoms with Crippen LogP contribution in [0.5, 0.6) is 0 Å². The summed E-state index contributed by atoms with van der Waals surface area (Å²) in [6.07, 6.45) is 4.73. The molecule has 2 amide bonds. The maximum Gasteiger partial charge on any atom is 0.273 e. The molecule has 2 saturated heterocycles. The number of carbonyl (C=O) groups excluding carboxylic acids is 2. The summed E-state index contributed by atoms with van der Waals surface area (Å²) in [7, 11) is 0. The summed E-state index contributed by atoms with van der Waals surface area (Å²) in [6.45, 7) is 3.62. The standard InChI is InChI=1S/C19H22N4O3S/c1-12-21-16(11-27-12)19(25)23-7-4-17-15(10-23)14(5-8-26-17)18(24)22-13-3-2-6-20-9-13/h2-3,6,9,11,14-15,17H,4-5,7-8,10H2,1H3,(H,22,24)/t14-,15+,17-/m1/s1. The van der Waals surface area contributed by atoms with E-state index in [9.17, 15) is 9.59 Å². The van der Waals surface area contributed by atoms with Crippen molar-refractivity contribution in [2.75, 3.05) is 25.0 Å². The van der Waals surface area contributed by atoms with Crippen LogP contribution >= 0.6 is 11.3 Å². The molecule has 7 nitrogen and oxygen atoms in total. The summed E-state index contributed by atoms with van der Waals surface area (Å²) in [5.41, 5.74) is 1.18. The number of rotatable bonds is 3. The van der Waals surface area contributed by atoms with E-state index in [0.717, 1.165) is 11.4 Å². The maximum absolute atomic E-state index is 12.9. The molecule has 2 aromatic heterocycles. The van der Waals surface area contributed by atoms with Crippen LogP contribution in [0.2, 0.25) is 0 Å². The number of pyridine rings is 1. The number of anilines is 1. The topological polar surface area (TPSA) is 84.4 Å². The molecule has 0 spiro atoms. The molecule has 27 heavy (non-hydrogen) atoms. The molecule has 1 N–H and O–H groups in total. The van der Waals surface area contributed by atoms with Gasteiger partial charge in [-0.1, -0.05) is 0 Å². The van der Waals surface area contributed by atoms with Gasteiger partial charge >= 0.3 is 0 Å². The number of nitrogens with zero attached hydrogens (tertiary/aromatic N) is 3. The van der Waals surface area contributed by atoms with Gasteiger partial charge in [-0.25, -0.2) is 4.98 Å². The number of hydrogen-bond acceptors (Lipinski definition) is 6. The van der Waals surface area contributed by atoms with Crippen molar-refractivity contribution in [2.45, 2.75) is 25.9 Å². The zero-order valence-corrected chi connectivity index (χ0v) is 15.9. The van der Waals surface area contributed by atoms with E-state index in [1.54, 1.807) is 23.8 Å². The van der Waals surface area contributed by atoms with E-state index in [1.165, 1.54) is 11.3 Å². The van der Waals surface area contributed by atoms with Crippen LogP contribution in [0.4, 0.5) is 5.69 Å². The second kappa shape index (κ2) is 7.74. The molecule has 2 aliphatic rings. The first-order valence-electron chi connectivity index (χ1n) is 9.15. The van der Waals surface area contributed by atoms with Crippen LogP contribution in [0.3, 0.4) is 0 Å². The number of amides is 2. The van der Waals surface area contributed by atoms with Gasteiger partial charge in [-0.2, -0.15) is 0 Å². The molecule has 3 atom stereocenters. The Kier molecular flexibility index (Phi) is 5.18. The Hall–Kier alpha value is -2.32. The van der Waals surface area contributed by atoms with E-state index in [4.69, 9.17) is 4.74 Å². The average molecular weight is 386 g/mol. The summed E-state index contributed by atoms with van der Waals surface area (Å²) in [5, 5.41) is 5.63. The Morgan fingerprint density at radius 3 is 3.00 bits per heavy atom. The third-order valence-electron chi connectivity index (χ3n) is 5.26. The van der Waals surface area contributed by atoms with E-state index in [2.05, 4.69) is 15.3 Å². The number of aryl methyl sites for hydroxylation is 1. The van der Waals surface area contributed by atoms with Crippen LogP contribution in [-0.2, 0) is 9.53 Å². The molecule has 0 unspecified atom stereocenters. The number of fused-ring (bicyclic) bond motifs is 1. The summed E-state index contributed by atoms with van der Waals surface area (Å²) < 4.78 is 5.91. The maximum atomic E-state index is 12.9. The average Bonchev–Trinajstić information content (AvgIpc) is 3.13. The van der Waals surface area contributed by atoms with Gasteiger partial charge in [0.1, 0.15) is 5.69 Å². The van der Waals surface area contributed by atoms with Gasteiger partial charge in [0.15, 0.2) is 0 Å². The van der Waals surface area contributed by atoms with Gasteiger partial charge in [0.2, 0.25) is 5.91 Å². The molecule has 142 valence electrons. The van der Waals surface area contributed by atoms with Crippen LogP contribution in [0.25, 0.3) is 0 Å². The Labute approximate surface area is 161 Å². The molecular formula is C19H22N4O3S. The Morgan fingerprint density at radius 2 is 2.26 bits per heavy atom. The molecule has 2 aromatic rings. The molecule has 4 heterocycles. The van der Waals surface area contributed by atoms with Crippen LogP contribution in [0, 0.1) is 18.8 Å². The molecule has 2 fully saturated rings. The lowest BCUT2D eigenvalue weighted by molar-refractivity contribution is -0.135. The largest absolute Gasteiger partial charge is 0.378 e. The van der Waals surface area contributed by atoms with Crippen molar-refractivity contribution in [2.24, 2.45) is 11.8 Å². The molecular weight excluding hydrogens is 364 g/mol. The fourth-order valence-electron chi connectivity index (χ4n) is 3.92. The number of hydrogen-bond donors (Lipinski definition) is 1. The lowest BCUT2D eigenvalue weighted by Crippen LogP contribution is -2.53. The molecule has 0 saturated carbocycles. The highest BCUT2D eigenvalue weighted by molar-refractivity contribution is 7.09. The van der Waals surface area contributed by atoms with Gasteiger partial charge in [0.25, 0.3) is 5.91 Å². The summed E-state index contributed by atoms with van der Waals surface area (Å²) >= 11 is 1.47. The molecule has 2 aliphatic heterocycles. The minimum Gasteiger partial charge on any atom is -0.378 e. The number of thiazole rings is 1. The van der Waals surface area contributed by atoms with E-state index < -0.39 is 0 Å². The van der Waals surface area contributed by atoms with E-state index in [-0.39, 0.29) is 29.8 Å². The van der Waals surface area contributed by atoms with Gasteiger partial charge in [-0.15, -0.1) is 11.3 Å². The number of nitrogens with one attached hydrogen (secondary N) is 1. The van der Waals surface area contributed by atoms with Crippen LogP contribution < -0.4 is 5.32 Å². The van der Waals surface area contributed by atoms with Crippen molar-refractivity contribution in [3.63, 3.8) is 0 Å². The highest BCUT2D eigenvalue weighted by Gasteiger charge is 2.43. The smallest absolute Gasteiger partial charge is 0.273 e. The number of likely N-dealkylation sites (tertiary alicyclic amines) is 1. The number of carbonyl (C=O) groups is 2. The number of piperidine rings is 1. The first kappa shape index (κ1) is 18.1. The Balaban J connectivity index is 1.47. The third kappa shape index (κ3) is 3.86. The van der Waals surface area contributed by atoms with Crippen LogP contribution in [0.15, 0.2) is 29.9 Å². The predicted octanol–water partition coefficient (Wildman–Crippen LogP) is 2.35. The lowest BCUT2D eigenvalue weighted by atomic mass is 9.79. The van der Waals surface area contributed by atoms with E-state index in [1.807, 2.05) is 17.9 Å². The first-order chi connectivity index (χ1) is 13.1. The Morgan fingerprint density at radius 1 is 1.37 bits per heavy atom. The second-order valence-electron chi connectivity index (χ2n) is 6.99. The van der Waals surface area contributed by atoms with Crippen molar-refractivity contribution in [1.82, 2.24) is 14.9 Å². The zero-order chi connectivity index (χ0) is 18.8. The highest BCUT2D eigenvalue weighted by Crippen LogP contribution is 2.34. The zero-order valence-electron chi connectivity index (χ0n) is 15.1. The fraction of sp³-hybridized carbons (Fsp3) is 0.474. The van der Waals surface area contributed by atoms with Crippen LogP contribution in [-0.4, -0.2) is 52.5 Å². The molecule has 4 rings (SSSR count). The molecule has 0 aliphatic carbocycles. The van der Waals surface area contributed by atoms with Crippen molar-refractivity contribution in [1.29, 1.82) is 0 Å². The lowest BCUT2D eigenvalue weighted by Gasteiger charge is -2.44. The highest BCUT2D eigenvalue weighted by atomic mass is 32.1. The van der Waals surface area contributed by atoms with Crippen molar-refractivity contribution < 1.29 is 14.3 Å². The van der Waals surface area contributed by atoms with Gasteiger partial charge in [-0.05, 0) is 31.9 Å². The second-order valence-corrected chi connectivity index (χ2v) is 8.05. The minimum absolute atomic E-state index is 0.00662. The number of ether oxygens (including phenoxy) is 1. The molecule has 0 bridgehead atoms. The van der Waals surface area contributed by atoms with Crippen molar-refractivity contribution in [3.05, 3.63) is 40.6 Å². The summed E-state index contributed by atoms with van der Waals surface area (Å²) in [4.78, 5) is 35.8. The van der Waals surface area contributed by atoms with Crippen LogP contribution in [0.1, 0.15) is 28.3 Å². The van der Waals surface area contributed by atoms with E-state index >= 15 is 0 Å². The normalized spacial score (nSPS) is 24.9. The SMILES string of the molecule is Cc1nc(C(=O)N2CC[C@H]3OCC[C@@H](C(=O)Nc4cccnc4)[C@@H]3C2)cs1. The number of aromatic nitrogens is 2. The summed E-state index contributed by atoms with van der Waals surface area (Å²) in [6, 6.07) is 3.61. The fourth-order valence-corrected chi connectivity index (χ4v) is 4.51. The van der Waals surface area contributed by atoms with Gasteiger partial charge in [-0.3, -0.25) is 14.6 Å². The molecule has 0 aromatic carbocycles. The van der Waals surface area contributed by atoms with Crippen molar-refractivity contribution in [3.8, 4) is 0 Å². The molecule has 8 heteroatoms.